The first-order valence-corrected chi connectivity index (χ1v) is 10.2. The van der Waals surface area contributed by atoms with Crippen molar-refractivity contribution in [3.63, 3.8) is 0 Å². The second-order valence-electron chi connectivity index (χ2n) is 7.73. The Kier molecular flexibility index (Phi) is 5.66. The van der Waals surface area contributed by atoms with Crippen molar-refractivity contribution in [3.8, 4) is 16.9 Å². The molecule has 0 unspecified atom stereocenters. The fraction of sp³-hybridized carbons (Fsp3) is 0.120. The third-order valence-electron chi connectivity index (χ3n) is 5.46. The van der Waals surface area contributed by atoms with Crippen LogP contribution in [-0.4, -0.2) is 33.5 Å². The average molecular weight is 442 g/mol. The summed E-state index contributed by atoms with van der Waals surface area (Å²) in [5.74, 6) is -1.87. The number of hydrazone groups is 2. The number of para-hydroxylation sites is 1. The zero-order valence-electron chi connectivity index (χ0n) is 18.3. The van der Waals surface area contributed by atoms with Crippen molar-refractivity contribution in [1.82, 2.24) is 0 Å². The van der Waals surface area contributed by atoms with Gasteiger partial charge < -0.3 is 10.2 Å². The Hall–Kier alpha value is -4.46. The lowest BCUT2D eigenvalue weighted by atomic mass is 10.0. The van der Waals surface area contributed by atoms with Gasteiger partial charge in [0, 0.05) is 5.56 Å². The normalized spacial score (nSPS) is 14.5. The summed E-state index contributed by atoms with van der Waals surface area (Å²) in [7, 11) is 0. The molecular formula is C25H22N4O4. The third kappa shape index (κ3) is 4.18. The predicted molar refractivity (Wildman–Crippen MR) is 128 cm³/mol. The van der Waals surface area contributed by atoms with Crippen LogP contribution in [-0.2, 0) is 4.79 Å². The van der Waals surface area contributed by atoms with Gasteiger partial charge in [-0.1, -0.05) is 30.3 Å². The van der Waals surface area contributed by atoms with E-state index in [0.717, 1.165) is 11.1 Å². The van der Waals surface area contributed by atoms with E-state index in [1.807, 2.05) is 32.0 Å². The highest BCUT2D eigenvalue weighted by Gasteiger charge is 2.31. The maximum atomic E-state index is 12.9. The van der Waals surface area contributed by atoms with Crippen LogP contribution >= 0.6 is 0 Å². The SMILES string of the molecule is CC1=NN(c2ccc(C)c(C)c2)C(=O)C1=NNc1cccc(-c2cccc(C(=O)O)c2O)c1. The third-order valence-corrected chi connectivity index (χ3v) is 5.46. The number of aromatic hydroxyl groups is 1. The molecule has 0 aromatic heterocycles. The largest absolute Gasteiger partial charge is 0.506 e. The maximum Gasteiger partial charge on any atom is 0.339 e. The quantitative estimate of drug-likeness (QED) is 0.501. The second-order valence-corrected chi connectivity index (χ2v) is 7.73. The van der Waals surface area contributed by atoms with Crippen LogP contribution in [0.5, 0.6) is 5.75 Å². The summed E-state index contributed by atoms with van der Waals surface area (Å²) in [4.78, 5) is 24.2. The van der Waals surface area contributed by atoms with E-state index in [9.17, 15) is 19.8 Å². The minimum atomic E-state index is -1.21. The molecule has 0 atom stereocenters. The summed E-state index contributed by atoms with van der Waals surface area (Å²) in [6.45, 7) is 5.69. The summed E-state index contributed by atoms with van der Waals surface area (Å²) < 4.78 is 0. The lowest BCUT2D eigenvalue weighted by Gasteiger charge is -2.13. The molecule has 1 heterocycles. The highest BCUT2D eigenvalue weighted by atomic mass is 16.4. The number of benzene rings is 3. The lowest BCUT2D eigenvalue weighted by molar-refractivity contribution is -0.112. The minimum absolute atomic E-state index is 0.180. The zero-order valence-corrected chi connectivity index (χ0v) is 18.3. The molecule has 8 heteroatoms. The second kappa shape index (κ2) is 8.58. The van der Waals surface area contributed by atoms with Crippen LogP contribution in [0, 0.1) is 13.8 Å². The topological polar surface area (TPSA) is 115 Å². The van der Waals surface area contributed by atoms with E-state index >= 15 is 0 Å². The van der Waals surface area contributed by atoms with Gasteiger partial charge in [0.2, 0.25) is 0 Å². The minimum Gasteiger partial charge on any atom is -0.506 e. The van der Waals surface area contributed by atoms with Crippen LogP contribution < -0.4 is 10.4 Å². The molecule has 0 aliphatic carbocycles. The van der Waals surface area contributed by atoms with Crippen molar-refractivity contribution >= 4 is 34.7 Å². The van der Waals surface area contributed by atoms with Gasteiger partial charge in [0.1, 0.15) is 11.3 Å². The number of aromatic carboxylic acids is 1. The molecule has 1 amide bonds. The summed E-state index contributed by atoms with van der Waals surface area (Å²) in [6.07, 6.45) is 0. The molecule has 33 heavy (non-hydrogen) atoms. The Bertz CT molecular complexity index is 1340. The average Bonchev–Trinajstić information content (AvgIpc) is 3.07. The molecule has 8 nitrogen and oxygen atoms in total. The fourth-order valence-electron chi connectivity index (χ4n) is 3.48. The summed E-state index contributed by atoms with van der Waals surface area (Å²) in [5, 5.41) is 29.5. The van der Waals surface area contributed by atoms with Crippen LogP contribution in [0.25, 0.3) is 11.1 Å². The Morgan fingerprint density at radius 3 is 2.48 bits per heavy atom. The Morgan fingerprint density at radius 1 is 1.00 bits per heavy atom. The Morgan fingerprint density at radius 2 is 1.76 bits per heavy atom. The molecule has 4 rings (SSSR count). The molecule has 0 fully saturated rings. The molecule has 0 spiro atoms. The van der Waals surface area contributed by atoms with Crippen LogP contribution in [0.1, 0.15) is 28.4 Å². The van der Waals surface area contributed by atoms with Crippen molar-refractivity contribution < 1.29 is 19.8 Å². The highest BCUT2D eigenvalue weighted by Crippen LogP contribution is 2.33. The number of carbonyl (C=O) groups excluding carboxylic acids is 1. The predicted octanol–water partition coefficient (Wildman–Crippen LogP) is 4.56. The molecule has 166 valence electrons. The van der Waals surface area contributed by atoms with E-state index in [0.29, 0.717) is 28.2 Å². The van der Waals surface area contributed by atoms with Crippen molar-refractivity contribution in [2.24, 2.45) is 10.2 Å². The monoisotopic (exact) mass is 442 g/mol. The number of carboxylic acids is 1. The molecule has 0 bridgehead atoms. The smallest absolute Gasteiger partial charge is 0.339 e. The summed E-state index contributed by atoms with van der Waals surface area (Å²) in [6, 6.07) is 17.2. The van der Waals surface area contributed by atoms with Crippen molar-refractivity contribution in [2.75, 3.05) is 10.4 Å². The number of aryl methyl sites for hydroxylation is 2. The first kappa shape index (κ1) is 21.8. The maximum absolute atomic E-state index is 12.9. The number of nitrogens with zero attached hydrogens (tertiary/aromatic N) is 3. The Labute approximate surface area is 190 Å². The van der Waals surface area contributed by atoms with Gasteiger partial charge in [-0.05, 0) is 67.8 Å². The van der Waals surface area contributed by atoms with Gasteiger partial charge >= 0.3 is 11.9 Å². The van der Waals surface area contributed by atoms with E-state index in [-0.39, 0.29) is 22.9 Å². The van der Waals surface area contributed by atoms with Crippen LogP contribution in [0.15, 0.2) is 70.9 Å². The van der Waals surface area contributed by atoms with Crippen LogP contribution in [0.3, 0.4) is 0 Å². The molecular weight excluding hydrogens is 420 g/mol. The fourth-order valence-corrected chi connectivity index (χ4v) is 3.48. The van der Waals surface area contributed by atoms with Gasteiger partial charge in [-0.2, -0.15) is 15.2 Å². The molecule has 3 N–H and O–H groups in total. The summed E-state index contributed by atoms with van der Waals surface area (Å²) >= 11 is 0. The van der Waals surface area contributed by atoms with Crippen molar-refractivity contribution in [3.05, 3.63) is 77.4 Å². The Balaban J connectivity index is 1.59. The van der Waals surface area contributed by atoms with Gasteiger partial charge in [-0.3, -0.25) is 10.2 Å². The van der Waals surface area contributed by atoms with Gasteiger partial charge in [-0.15, -0.1) is 0 Å². The van der Waals surface area contributed by atoms with E-state index in [2.05, 4.69) is 15.6 Å². The number of amides is 1. The number of phenols is 1. The number of hydrogen-bond acceptors (Lipinski definition) is 6. The van der Waals surface area contributed by atoms with Crippen molar-refractivity contribution in [2.45, 2.75) is 20.8 Å². The van der Waals surface area contributed by atoms with Gasteiger partial charge in [0.05, 0.1) is 17.1 Å². The molecule has 3 aromatic carbocycles. The summed E-state index contributed by atoms with van der Waals surface area (Å²) in [5.41, 5.74) is 7.75. The molecule has 1 aliphatic heterocycles. The highest BCUT2D eigenvalue weighted by molar-refractivity contribution is 6.71. The van der Waals surface area contributed by atoms with E-state index in [1.54, 1.807) is 43.3 Å². The first-order chi connectivity index (χ1) is 15.8. The van der Waals surface area contributed by atoms with Gasteiger partial charge in [-0.25, -0.2) is 4.79 Å². The number of anilines is 2. The lowest BCUT2D eigenvalue weighted by Crippen LogP contribution is -2.28. The van der Waals surface area contributed by atoms with Gasteiger partial charge in [0.25, 0.3) is 0 Å². The molecule has 0 saturated carbocycles. The zero-order chi connectivity index (χ0) is 23.7. The number of carboxylic acid groups (broad SMARTS) is 1. The number of nitrogens with one attached hydrogen (secondary N) is 1. The van der Waals surface area contributed by atoms with E-state index in [1.165, 1.54) is 11.1 Å². The first-order valence-electron chi connectivity index (χ1n) is 10.2. The molecule has 3 aromatic rings. The molecule has 0 saturated heterocycles. The van der Waals surface area contributed by atoms with E-state index in [4.69, 9.17) is 0 Å². The molecule has 1 aliphatic rings. The number of rotatable bonds is 5. The van der Waals surface area contributed by atoms with Gasteiger partial charge in [0.15, 0.2) is 5.71 Å². The van der Waals surface area contributed by atoms with Crippen LogP contribution in [0.4, 0.5) is 11.4 Å². The molecule has 0 radical (unpaired) electrons. The van der Waals surface area contributed by atoms with E-state index < -0.39 is 5.97 Å². The standard InChI is InChI=1S/C25H22N4O4/c1-14-10-11-19(12-15(14)2)29-24(31)22(16(3)28-29)27-26-18-7-4-6-17(13-18)20-8-5-9-21(23(20)30)25(32)33/h4-13,26,30H,1-3H3,(H,32,33). The van der Waals surface area contributed by atoms with Crippen LogP contribution in [0.2, 0.25) is 0 Å². The number of hydrogen-bond donors (Lipinski definition) is 3. The number of carbonyl (C=O) groups is 2. The van der Waals surface area contributed by atoms with Crippen molar-refractivity contribution in [1.29, 1.82) is 0 Å².